The molecule has 1 saturated heterocycles. The quantitative estimate of drug-likeness (QED) is 0.710. The summed E-state index contributed by atoms with van der Waals surface area (Å²) in [4.78, 5) is 14.0. The van der Waals surface area contributed by atoms with E-state index in [1.165, 1.54) is 0 Å². The molecule has 5 nitrogen and oxygen atoms in total. The number of ether oxygens (including phenoxy) is 1. The summed E-state index contributed by atoms with van der Waals surface area (Å²) in [5.74, 6) is 0.0946. The normalized spacial score (nSPS) is 25.3. The van der Waals surface area contributed by atoms with Crippen LogP contribution in [0.4, 0.5) is 0 Å². The Balaban J connectivity index is 2.45. The first-order valence-corrected chi connectivity index (χ1v) is 6.45. The highest BCUT2D eigenvalue weighted by atomic mass is 16.5. The largest absolute Gasteiger partial charge is 0.374 e. The average molecular weight is 243 g/mol. The summed E-state index contributed by atoms with van der Waals surface area (Å²) in [5, 5.41) is 2.92. The zero-order valence-electron chi connectivity index (χ0n) is 11.1. The van der Waals surface area contributed by atoms with Gasteiger partial charge in [0.1, 0.15) is 0 Å². The molecule has 0 aromatic rings. The second-order valence-electron chi connectivity index (χ2n) is 4.73. The second-order valence-corrected chi connectivity index (χ2v) is 4.73. The summed E-state index contributed by atoms with van der Waals surface area (Å²) >= 11 is 0. The molecule has 1 fully saturated rings. The van der Waals surface area contributed by atoms with E-state index in [9.17, 15) is 4.79 Å². The molecule has 17 heavy (non-hydrogen) atoms. The lowest BCUT2D eigenvalue weighted by molar-refractivity contribution is -0.129. The summed E-state index contributed by atoms with van der Waals surface area (Å²) in [6, 6.07) is -0.101. The lowest BCUT2D eigenvalue weighted by atomic mass is 10.1. The van der Waals surface area contributed by atoms with Gasteiger partial charge in [0, 0.05) is 25.7 Å². The number of nitrogens with two attached hydrogens (primary N) is 1. The predicted molar refractivity (Wildman–Crippen MR) is 67.7 cm³/mol. The van der Waals surface area contributed by atoms with Gasteiger partial charge in [-0.15, -0.1) is 0 Å². The van der Waals surface area contributed by atoms with Gasteiger partial charge in [-0.2, -0.15) is 0 Å². The van der Waals surface area contributed by atoms with Gasteiger partial charge in [0.2, 0.25) is 5.91 Å². The maximum Gasteiger partial charge on any atom is 0.237 e. The first-order valence-electron chi connectivity index (χ1n) is 6.45. The van der Waals surface area contributed by atoms with E-state index in [1.807, 2.05) is 20.8 Å². The smallest absolute Gasteiger partial charge is 0.237 e. The Bertz CT molecular complexity index is 246. The van der Waals surface area contributed by atoms with Gasteiger partial charge in [-0.05, 0) is 20.3 Å². The van der Waals surface area contributed by atoms with Crippen LogP contribution in [0.1, 0.15) is 27.2 Å². The third kappa shape index (κ3) is 4.26. The second kappa shape index (κ2) is 6.93. The predicted octanol–water partition coefficient (Wildman–Crippen LogP) is -0.0509. The van der Waals surface area contributed by atoms with Crippen LogP contribution in [0.3, 0.4) is 0 Å². The van der Waals surface area contributed by atoms with Gasteiger partial charge in [0.15, 0.2) is 0 Å². The van der Waals surface area contributed by atoms with Crippen molar-refractivity contribution in [3.8, 4) is 0 Å². The van der Waals surface area contributed by atoms with E-state index in [-0.39, 0.29) is 24.1 Å². The lowest BCUT2D eigenvalue weighted by Crippen LogP contribution is -2.55. The van der Waals surface area contributed by atoms with E-state index in [1.54, 1.807) is 0 Å². The Morgan fingerprint density at radius 2 is 2.29 bits per heavy atom. The zero-order chi connectivity index (χ0) is 12.8. The number of amides is 1. The standard InChI is InChI=1S/C12H25N3O2/c1-4-5-14-12(16)10(3)15-6-7-17-11(8-15)9(2)13/h9-11H,4-8,13H2,1-3H3,(H,14,16). The van der Waals surface area contributed by atoms with Crippen molar-refractivity contribution in [3.63, 3.8) is 0 Å². The molecule has 5 heteroatoms. The van der Waals surface area contributed by atoms with Crippen molar-refractivity contribution in [1.29, 1.82) is 0 Å². The lowest BCUT2D eigenvalue weighted by Gasteiger charge is -2.37. The van der Waals surface area contributed by atoms with Gasteiger partial charge in [-0.3, -0.25) is 9.69 Å². The third-order valence-corrected chi connectivity index (χ3v) is 3.19. The van der Waals surface area contributed by atoms with Crippen LogP contribution >= 0.6 is 0 Å². The molecule has 1 aliphatic rings. The summed E-state index contributed by atoms with van der Waals surface area (Å²) in [6.07, 6.45) is 0.995. The van der Waals surface area contributed by atoms with Crippen LogP contribution in [0.25, 0.3) is 0 Å². The van der Waals surface area contributed by atoms with Crippen molar-refractivity contribution in [2.45, 2.75) is 45.4 Å². The van der Waals surface area contributed by atoms with E-state index in [0.717, 1.165) is 26.1 Å². The number of hydrogen-bond acceptors (Lipinski definition) is 4. The van der Waals surface area contributed by atoms with Crippen LogP contribution in [0.2, 0.25) is 0 Å². The van der Waals surface area contributed by atoms with Crippen molar-refractivity contribution >= 4 is 5.91 Å². The number of rotatable bonds is 5. The van der Waals surface area contributed by atoms with Gasteiger partial charge in [-0.1, -0.05) is 6.92 Å². The Morgan fingerprint density at radius 3 is 2.88 bits per heavy atom. The highest BCUT2D eigenvalue weighted by molar-refractivity contribution is 5.81. The maximum atomic E-state index is 11.9. The minimum atomic E-state index is -0.105. The van der Waals surface area contributed by atoms with Gasteiger partial charge in [0.05, 0.1) is 18.8 Å². The van der Waals surface area contributed by atoms with Gasteiger partial charge >= 0.3 is 0 Å². The average Bonchev–Trinajstić information content (AvgIpc) is 2.35. The van der Waals surface area contributed by atoms with Crippen molar-refractivity contribution in [2.24, 2.45) is 5.73 Å². The number of morpholine rings is 1. The number of carbonyl (C=O) groups excluding carboxylic acids is 1. The van der Waals surface area contributed by atoms with Crippen LogP contribution < -0.4 is 11.1 Å². The molecule has 0 aromatic heterocycles. The molecule has 3 atom stereocenters. The number of carbonyl (C=O) groups is 1. The van der Waals surface area contributed by atoms with E-state index >= 15 is 0 Å². The van der Waals surface area contributed by atoms with E-state index in [2.05, 4.69) is 10.2 Å². The fourth-order valence-electron chi connectivity index (χ4n) is 1.93. The Labute approximate surface area is 104 Å². The fraction of sp³-hybridized carbons (Fsp3) is 0.917. The first kappa shape index (κ1) is 14.4. The Kier molecular flexibility index (Phi) is 5.88. The maximum absolute atomic E-state index is 11.9. The molecule has 100 valence electrons. The molecule has 0 spiro atoms. The monoisotopic (exact) mass is 243 g/mol. The van der Waals surface area contributed by atoms with Gasteiger partial charge in [-0.25, -0.2) is 0 Å². The molecule has 0 aliphatic carbocycles. The van der Waals surface area contributed by atoms with Gasteiger partial charge < -0.3 is 15.8 Å². The fourth-order valence-corrected chi connectivity index (χ4v) is 1.93. The molecule has 0 radical (unpaired) electrons. The zero-order valence-corrected chi connectivity index (χ0v) is 11.1. The van der Waals surface area contributed by atoms with Crippen LogP contribution in [0, 0.1) is 0 Å². The third-order valence-electron chi connectivity index (χ3n) is 3.19. The van der Waals surface area contributed by atoms with Crippen molar-refractivity contribution in [2.75, 3.05) is 26.2 Å². The molecule has 0 bridgehead atoms. The summed E-state index contributed by atoms with van der Waals surface area (Å²) in [5.41, 5.74) is 5.83. The number of nitrogens with zero attached hydrogens (tertiary/aromatic N) is 1. The van der Waals surface area contributed by atoms with Crippen LogP contribution in [-0.2, 0) is 9.53 Å². The Hall–Kier alpha value is -0.650. The molecule has 3 N–H and O–H groups in total. The molecule has 3 unspecified atom stereocenters. The molecule has 1 amide bonds. The van der Waals surface area contributed by atoms with Crippen molar-refractivity contribution in [3.05, 3.63) is 0 Å². The number of nitrogens with one attached hydrogen (secondary N) is 1. The minimum Gasteiger partial charge on any atom is -0.374 e. The summed E-state index contributed by atoms with van der Waals surface area (Å²) < 4.78 is 5.58. The molecular weight excluding hydrogens is 218 g/mol. The Morgan fingerprint density at radius 1 is 1.59 bits per heavy atom. The van der Waals surface area contributed by atoms with E-state index in [4.69, 9.17) is 10.5 Å². The molecule has 1 heterocycles. The summed E-state index contributed by atoms with van der Waals surface area (Å²) in [6.45, 7) is 8.85. The van der Waals surface area contributed by atoms with Crippen molar-refractivity contribution in [1.82, 2.24) is 10.2 Å². The molecule has 1 aliphatic heterocycles. The first-order chi connectivity index (χ1) is 8.06. The number of hydrogen-bond donors (Lipinski definition) is 2. The van der Waals surface area contributed by atoms with Crippen LogP contribution in [0.5, 0.6) is 0 Å². The van der Waals surface area contributed by atoms with E-state index < -0.39 is 0 Å². The SMILES string of the molecule is CCCNC(=O)C(C)N1CCOC(C(C)N)C1. The topological polar surface area (TPSA) is 67.6 Å². The highest BCUT2D eigenvalue weighted by Gasteiger charge is 2.29. The highest BCUT2D eigenvalue weighted by Crippen LogP contribution is 2.11. The van der Waals surface area contributed by atoms with Crippen LogP contribution in [-0.4, -0.2) is 55.2 Å². The van der Waals surface area contributed by atoms with Gasteiger partial charge in [0.25, 0.3) is 0 Å². The van der Waals surface area contributed by atoms with Crippen molar-refractivity contribution < 1.29 is 9.53 Å². The minimum absolute atomic E-state index is 0.00343. The summed E-state index contributed by atoms with van der Waals surface area (Å²) in [7, 11) is 0. The van der Waals surface area contributed by atoms with Crippen LogP contribution in [0.15, 0.2) is 0 Å². The molecule has 1 rings (SSSR count). The molecule has 0 aromatic carbocycles. The van der Waals surface area contributed by atoms with E-state index in [0.29, 0.717) is 6.61 Å². The molecular formula is C12H25N3O2. The molecule has 0 saturated carbocycles.